The number of carboxylic acid groups (broad SMARTS) is 1. The molecule has 1 aromatic carbocycles. The minimum absolute atomic E-state index is 0.287. The fourth-order valence-corrected chi connectivity index (χ4v) is 3.83. The van der Waals surface area contributed by atoms with Gasteiger partial charge in [0.2, 0.25) is 0 Å². The van der Waals surface area contributed by atoms with Crippen LogP contribution in [0.3, 0.4) is 0 Å². The van der Waals surface area contributed by atoms with Gasteiger partial charge in [0.15, 0.2) is 11.8 Å². The summed E-state index contributed by atoms with van der Waals surface area (Å²) in [6.07, 6.45) is 7.92. The summed E-state index contributed by atoms with van der Waals surface area (Å²) in [7, 11) is 0. The zero-order valence-corrected chi connectivity index (χ0v) is 14.8. The third kappa shape index (κ3) is 3.58. The summed E-state index contributed by atoms with van der Waals surface area (Å²) in [6.45, 7) is 0. The molecule has 0 bridgehead atoms. The number of carboxylic acids is 1. The summed E-state index contributed by atoms with van der Waals surface area (Å²) < 4.78 is 6.88. The molecule has 1 unspecified atom stereocenters. The van der Waals surface area contributed by atoms with E-state index < -0.39 is 17.6 Å². The van der Waals surface area contributed by atoms with Gasteiger partial charge in [0, 0.05) is 23.2 Å². The fourth-order valence-electron chi connectivity index (χ4n) is 3.83. The van der Waals surface area contributed by atoms with E-state index in [9.17, 15) is 14.7 Å². The van der Waals surface area contributed by atoms with Crippen LogP contribution in [0.15, 0.2) is 47.5 Å². The summed E-state index contributed by atoms with van der Waals surface area (Å²) in [4.78, 5) is 27.3. The number of aromatic nitrogens is 3. The van der Waals surface area contributed by atoms with Gasteiger partial charge in [-0.1, -0.05) is 31.7 Å². The first kappa shape index (κ1) is 17.3. The maximum atomic E-state index is 12.5. The number of carbonyl (C=O) groups is 1. The van der Waals surface area contributed by atoms with E-state index >= 15 is 0 Å². The third-order valence-corrected chi connectivity index (χ3v) is 5.20. The molecule has 0 spiro atoms. The molecule has 1 atom stereocenters. The Hall–Kier alpha value is -3.09. The summed E-state index contributed by atoms with van der Waals surface area (Å²) >= 11 is 0. The predicted octanol–water partition coefficient (Wildman–Crippen LogP) is 3.72. The third-order valence-electron chi connectivity index (χ3n) is 5.20. The van der Waals surface area contributed by atoms with Crippen molar-refractivity contribution in [2.24, 2.45) is 5.92 Å². The molecular formula is C20H21N3O4. The molecule has 27 heavy (non-hydrogen) atoms. The van der Waals surface area contributed by atoms with E-state index in [2.05, 4.69) is 10.1 Å². The van der Waals surface area contributed by atoms with E-state index in [-0.39, 0.29) is 5.75 Å². The zero-order valence-electron chi connectivity index (χ0n) is 14.8. The zero-order chi connectivity index (χ0) is 18.8. The van der Waals surface area contributed by atoms with Crippen LogP contribution in [0.2, 0.25) is 0 Å². The Morgan fingerprint density at radius 1 is 1.33 bits per heavy atom. The molecule has 1 fully saturated rings. The Kier molecular flexibility index (Phi) is 4.66. The monoisotopic (exact) mass is 367 g/mol. The number of aliphatic carboxylic acids is 1. The van der Waals surface area contributed by atoms with E-state index in [0.717, 1.165) is 41.3 Å². The van der Waals surface area contributed by atoms with Crippen molar-refractivity contribution in [1.29, 1.82) is 0 Å². The average molecular weight is 367 g/mol. The number of fused-ring (bicyclic) bond motifs is 1. The molecule has 4 rings (SSSR count). The molecule has 1 aliphatic carbocycles. The second kappa shape index (κ2) is 7.26. The van der Waals surface area contributed by atoms with Crippen molar-refractivity contribution in [2.75, 3.05) is 0 Å². The molecule has 1 aliphatic rings. The van der Waals surface area contributed by atoms with Crippen LogP contribution in [0, 0.1) is 5.92 Å². The van der Waals surface area contributed by atoms with Crippen LogP contribution in [0.1, 0.15) is 38.1 Å². The standard InChI is InChI=1S/C20H21N3O4/c24-19-11-14(27-18-7-3-6-16-15(18)8-9-21-16)12-22-23(19)17(20(25)26)10-13-4-1-2-5-13/h3,6-9,11-13,17,21H,1-2,4-5,10H2,(H,25,26). The Bertz CT molecular complexity index is 1020. The van der Waals surface area contributed by atoms with Crippen molar-refractivity contribution < 1.29 is 14.6 Å². The molecule has 2 heterocycles. The van der Waals surface area contributed by atoms with Gasteiger partial charge in [-0.05, 0) is 30.5 Å². The smallest absolute Gasteiger partial charge is 0.328 e. The summed E-state index contributed by atoms with van der Waals surface area (Å²) in [5.74, 6) is 0.201. The van der Waals surface area contributed by atoms with E-state index in [1.165, 1.54) is 12.3 Å². The van der Waals surface area contributed by atoms with Gasteiger partial charge in [-0.3, -0.25) is 4.79 Å². The molecule has 0 aliphatic heterocycles. The molecule has 140 valence electrons. The number of benzene rings is 1. The first-order valence-electron chi connectivity index (χ1n) is 9.17. The fraction of sp³-hybridized carbons (Fsp3) is 0.350. The van der Waals surface area contributed by atoms with Crippen LogP contribution in [-0.2, 0) is 4.79 Å². The highest BCUT2D eigenvalue weighted by atomic mass is 16.5. The van der Waals surface area contributed by atoms with Crippen molar-refractivity contribution >= 4 is 16.9 Å². The molecule has 2 aromatic heterocycles. The number of rotatable bonds is 6. The Balaban J connectivity index is 1.58. The van der Waals surface area contributed by atoms with Crippen molar-refractivity contribution in [1.82, 2.24) is 14.8 Å². The maximum absolute atomic E-state index is 12.5. The van der Waals surface area contributed by atoms with E-state index in [1.54, 1.807) is 0 Å². The van der Waals surface area contributed by atoms with Gasteiger partial charge >= 0.3 is 5.97 Å². The molecule has 0 saturated heterocycles. The number of H-pyrrole nitrogens is 1. The van der Waals surface area contributed by atoms with Crippen molar-refractivity contribution in [3.63, 3.8) is 0 Å². The molecule has 7 nitrogen and oxygen atoms in total. The molecular weight excluding hydrogens is 346 g/mol. The summed E-state index contributed by atoms with van der Waals surface area (Å²) in [6, 6.07) is 7.83. The highest BCUT2D eigenvalue weighted by Gasteiger charge is 2.28. The molecule has 7 heteroatoms. The number of hydrogen-bond acceptors (Lipinski definition) is 4. The highest BCUT2D eigenvalue weighted by Crippen LogP contribution is 2.32. The second-order valence-electron chi connectivity index (χ2n) is 7.01. The quantitative estimate of drug-likeness (QED) is 0.692. The number of hydrogen-bond donors (Lipinski definition) is 2. The van der Waals surface area contributed by atoms with Gasteiger partial charge in [0.25, 0.3) is 5.56 Å². The van der Waals surface area contributed by atoms with Gasteiger partial charge < -0.3 is 14.8 Å². The van der Waals surface area contributed by atoms with E-state index in [0.29, 0.717) is 18.1 Å². The lowest BCUT2D eigenvalue weighted by atomic mass is 9.98. The van der Waals surface area contributed by atoms with Crippen LogP contribution in [0.5, 0.6) is 11.5 Å². The highest BCUT2D eigenvalue weighted by molar-refractivity contribution is 5.85. The second-order valence-corrected chi connectivity index (χ2v) is 7.01. The van der Waals surface area contributed by atoms with Gasteiger partial charge in [-0.2, -0.15) is 5.10 Å². The number of nitrogens with one attached hydrogen (secondary N) is 1. The molecule has 0 amide bonds. The molecule has 1 saturated carbocycles. The van der Waals surface area contributed by atoms with Crippen LogP contribution in [0.4, 0.5) is 0 Å². The lowest BCUT2D eigenvalue weighted by Crippen LogP contribution is -2.32. The molecule has 2 N–H and O–H groups in total. The Morgan fingerprint density at radius 3 is 2.89 bits per heavy atom. The van der Waals surface area contributed by atoms with Gasteiger partial charge in [0.05, 0.1) is 6.20 Å². The van der Waals surface area contributed by atoms with Gasteiger partial charge in [-0.25, -0.2) is 9.48 Å². The lowest BCUT2D eigenvalue weighted by molar-refractivity contribution is -0.142. The molecule has 0 radical (unpaired) electrons. The van der Waals surface area contributed by atoms with E-state index in [1.807, 2.05) is 30.5 Å². The van der Waals surface area contributed by atoms with Crippen molar-refractivity contribution in [3.05, 3.63) is 53.1 Å². The first-order chi connectivity index (χ1) is 13.1. The van der Waals surface area contributed by atoms with E-state index in [4.69, 9.17) is 4.74 Å². The van der Waals surface area contributed by atoms with Crippen molar-refractivity contribution in [2.45, 2.75) is 38.1 Å². The van der Waals surface area contributed by atoms with Crippen molar-refractivity contribution in [3.8, 4) is 11.5 Å². The van der Waals surface area contributed by atoms with Crippen LogP contribution < -0.4 is 10.3 Å². The number of nitrogens with zero attached hydrogens (tertiary/aromatic N) is 2. The first-order valence-corrected chi connectivity index (χ1v) is 9.17. The van der Waals surface area contributed by atoms with Crippen LogP contribution in [-0.4, -0.2) is 25.8 Å². The maximum Gasteiger partial charge on any atom is 0.328 e. The number of aromatic amines is 1. The lowest BCUT2D eigenvalue weighted by Gasteiger charge is -2.18. The van der Waals surface area contributed by atoms with Crippen LogP contribution in [0.25, 0.3) is 10.9 Å². The minimum Gasteiger partial charge on any atom is -0.480 e. The normalized spacial score (nSPS) is 15.9. The topological polar surface area (TPSA) is 97.2 Å². The summed E-state index contributed by atoms with van der Waals surface area (Å²) in [5, 5.41) is 14.6. The summed E-state index contributed by atoms with van der Waals surface area (Å²) in [5.41, 5.74) is 0.454. The van der Waals surface area contributed by atoms with Crippen LogP contribution >= 0.6 is 0 Å². The van der Waals surface area contributed by atoms with Gasteiger partial charge in [-0.15, -0.1) is 0 Å². The van der Waals surface area contributed by atoms with Gasteiger partial charge in [0.1, 0.15) is 5.75 Å². The minimum atomic E-state index is -1.03. The Labute approximate surface area is 155 Å². The largest absolute Gasteiger partial charge is 0.480 e. The number of ether oxygens (including phenoxy) is 1. The predicted molar refractivity (Wildman–Crippen MR) is 100 cm³/mol. The Morgan fingerprint density at radius 2 is 2.15 bits per heavy atom. The average Bonchev–Trinajstić information content (AvgIpc) is 3.32. The SMILES string of the molecule is O=C(O)C(CC1CCCC1)n1ncc(Oc2cccc3[nH]ccc23)cc1=O. The molecule has 3 aromatic rings.